The van der Waals surface area contributed by atoms with Gasteiger partial charge in [-0.25, -0.2) is 0 Å². The number of hydrogen-bond acceptors (Lipinski definition) is 4. The fourth-order valence-electron chi connectivity index (χ4n) is 4.10. The number of hydrogen-bond donors (Lipinski definition) is 2. The van der Waals surface area contributed by atoms with E-state index >= 15 is 0 Å². The van der Waals surface area contributed by atoms with Gasteiger partial charge >= 0.3 is 0 Å². The summed E-state index contributed by atoms with van der Waals surface area (Å²) < 4.78 is 6.93. The third kappa shape index (κ3) is 3.06. The van der Waals surface area contributed by atoms with E-state index in [0.717, 1.165) is 36.0 Å². The number of halogens is 1. The standard InChI is InChI=1S/C25H21BrN2O2/c26-19-13-18-21(14-20(19)27)30-24(16-5-2-1-3-6-16)22(23(18)29)15-7-9-17(10-8-15)25(28)11-4-12-25/h1-3,5-10,13-14H,4,11-12,27-28H2. The summed E-state index contributed by atoms with van der Waals surface area (Å²) in [6.07, 6.45) is 3.15. The first-order valence-corrected chi connectivity index (χ1v) is 10.8. The van der Waals surface area contributed by atoms with Crippen molar-refractivity contribution in [2.75, 3.05) is 5.73 Å². The van der Waals surface area contributed by atoms with Crippen molar-refractivity contribution in [2.24, 2.45) is 5.73 Å². The lowest BCUT2D eigenvalue weighted by Gasteiger charge is -2.38. The van der Waals surface area contributed by atoms with Crippen LogP contribution in [0.1, 0.15) is 24.8 Å². The van der Waals surface area contributed by atoms with Gasteiger partial charge in [0.05, 0.1) is 10.9 Å². The zero-order valence-electron chi connectivity index (χ0n) is 16.3. The zero-order chi connectivity index (χ0) is 20.9. The maximum absolute atomic E-state index is 13.6. The molecule has 1 saturated carbocycles. The smallest absolute Gasteiger partial charge is 0.201 e. The average molecular weight is 461 g/mol. The van der Waals surface area contributed by atoms with Crippen LogP contribution < -0.4 is 16.9 Å². The molecule has 0 saturated heterocycles. The second-order valence-corrected chi connectivity index (χ2v) is 8.81. The Balaban J connectivity index is 1.76. The number of nitrogen functional groups attached to an aromatic ring is 1. The summed E-state index contributed by atoms with van der Waals surface area (Å²) in [7, 11) is 0. The molecule has 0 radical (unpaired) electrons. The molecule has 5 heteroatoms. The maximum Gasteiger partial charge on any atom is 0.201 e. The van der Waals surface area contributed by atoms with Crippen LogP contribution in [0.4, 0.5) is 5.69 Å². The van der Waals surface area contributed by atoms with Gasteiger partial charge in [-0.1, -0.05) is 54.6 Å². The van der Waals surface area contributed by atoms with Crippen LogP contribution in [-0.4, -0.2) is 0 Å². The molecule has 4 nitrogen and oxygen atoms in total. The first-order chi connectivity index (χ1) is 14.5. The van der Waals surface area contributed by atoms with Gasteiger partial charge in [-0.15, -0.1) is 0 Å². The van der Waals surface area contributed by atoms with Gasteiger partial charge in [0.25, 0.3) is 0 Å². The fourth-order valence-corrected chi connectivity index (χ4v) is 4.44. The number of fused-ring (bicyclic) bond motifs is 1. The highest BCUT2D eigenvalue weighted by Gasteiger charge is 2.34. The first kappa shape index (κ1) is 19.1. The van der Waals surface area contributed by atoms with Gasteiger partial charge in [0.15, 0.2) is 0 Å². The Morgan fingerprint density at radius 1 is 0.933 bits per heavy atom. The van der Waals surface area contributed by atoms with Crippen LogP contribution >= 0.6 is 15.9 Å². The number of nitrogens with two attached hydrogens (primary N) is 2. The van der Waals surface area contributed by atoms with Crippen LogP contribution in [0, 0.1) is 0 Å². The van der Waals surface area contributed by atoms with E-state index in [1.54, 1.807) is 12.1 Å². The lowest BCUT2D eigenvalue weighted by atomic mass is 9.72. The Hall–Kier alpha value is -2.89. The Morgan fingerprint density at radius 3 is 2.27 bits per heavy atom. The fraction of sp³-hybridized carbons (Fsp3) is 0.160. The van der Waals surface area contributed by atoms with Crippen molar-refractivity contribution in [3.63, 3.8) is 0 Å². The van der Waals surface area contributed by atoms with Crippen molar-refractivity contribution in [1.29, 1.82) is 0 Å². The van der Waals surface area contributed by atoms with Crippen LogP contribution in [0.2, 0.25) is 0 Å². The quantitative estimate of drug-likeness (QED) is 0.377. The SMILES string of the molecule is Nc1cc2oc(-c3ccccc3)c(-c3ccc(C4(N)CCC4)cc3)c(=O)c2cc1Br. The van der Waals surface area contributed by atoms with Crippen molar-refractivity contribution in [1.82, 2.24) is 0 Å². The van der Waals surface area contributed by atoms with Gasteiger partial charge in [-0.3, -0.25) is 4.79 Å². The molecule has 5 rings (SSSR count). The van der Waals surface area contributed by atoms with E-state index in [-0.39, 0.29) is 11.0 Å². The number of anilines is 1. The molecule has 1 fully saturated rings. The molecule has 0 aliphatic heterocycles. The molecule has 4 N–H and O–H groups in total. The summed E-state index contributed by atoms with van der Waals surface area (Å²) >= 11 is 3.42. The summed E-state index contributed by atoms with van der Waals surface area (Å²) in [4.78, 5) is 13.6. The molecule has 3 aromatic carbocycles. The molecule has 0 bridgehead atoms. The lowest BCUT2D eigenvalue weighted by Crippen LogP contribution is -2.43. The van der Waals surface area contributed by atoms with E-state index in [0.29, 0.717) is 32.5 Å². The molecule has 1 aromatic heterocycles. The second kappa shape index (κ2) is 7.11. The predicted octanol–water partition coefficient (Wildman–Crippen LogP) is 5.81. The molecule has 150 valence electrons. The van der Waals surface area contributed by atoms with Crippen molar-refractivity contribution >= 4 is 32.6 Å². The number of benzene rings is 3. The Kier molecular flexibility index (Phi) is 4.53. The van der Waals surface area contributed by atoms with Crippen molar-refractivity contribution in [3.05, 3.63) is 87.0 Å². The van der Waals surface area contributed by atoms with Gasteiger partial charge in [0.2, 0.25) is 5.43 Å². The monoisotopic (exact) mass is 460 g/mol. The normalized spacial score (nSPS) is 15.1. The van der Waals surface area contributed by atoms with E-state index < -0.39 is 0 Å². The largest absolute Gasteiger partial charge is 0.455 e. The van der Waals surface area contributed by atoms with E-state index in [4.69, 9.17) is 15.9 Å². The molecule has 1 aliphatic rings. The van der Waals surface area contributed by atoms with Crippen LogP contribution in [0.15, 0.2) is 80.4 Å². The van der Waals surface area contributed by atoms with Gasteiger partial charge in [0, 0.05) is 27.3 Å². The molecule has 1 aliphatic carbocycles. The molecule has 1 heterocycles. The van der Waals surface area contributed by atoms with Gasteiger partial charge in [-0.05, 0) is 52.4 Å². The minimum absolute atomic E-state index is 0.0883. The van der Waals surface area contributed by atoms with E-state index in [9.17, 15) is 4.79 Å². The van der Waals surface area contributed by atoms with E-state index in [2.05, 4.69) is 15.9 Å². The Morgan fingerprint density at radius 2 is 1.63 bits per heavy atom. The number of rotatable bonds is 3. The molecular formula is C25H21BrN2O2. The van der Waals surface area contributed by atoms with Gasteiger partial charge in [0.1, 0.15) is 11.3 Å². The topological polar surface area (TPSA) is 82.2 Å². The average Bonchev–Trinajstić information content (AvgIpc) is 2.74. The summed E-state index contributed by atoms with van der Waals surface area (Å²) in [6, 6.07) is 21.1. The van der Waals surface area contributed by atoms with Crippen molar-refractivity contribution in [2.45, 2.75) is 24.8 Å². The Bertz CT molecular complexity index is 1310. The highest BCUT2D eigenvalue weighted by molar-refractivity contribution is 9.10. The van der Waals surface area contributed by atoms with Crippen LogP contribution in [0.5, 0.6) is 0 Å². The minimum atomic E-state index is -0.239. The Labute approximate surface area is 182 Å². The van der Waals surface area contributed by atoms with Crippen LogP contribution in [0.25, 0.3) is 33.4 Å². The summed E-state index contributed by atoms with van der Waals surface area (Å²) in [5, 5.41) is 0.490. The molecule has 0 atom stereocenters. The maximum atomic E-state index is 13.6. The van der Waals surface area contributed by atoms with E-state index in [1.807, 2.05) is 54.6 Å². The van der Waals surface area contributed by atoms with Crippen molar-refractivity contribution < 1.29 is 4.42 Å². The highest BCUT2D eigenvalue weighted by Crippen LogP contribution is 2.40. The predicted molar refractivity (Wildman–Crippen MR) is 125 cm³/mol. The molecule has 0 spiro atoms. The van der Waals surface area contributed by atoms with Gasteiger partial charge in [-0.2, -0.15) is 0 Å². The molecule has 0 unspecified atom stereocenters. The highest BCUT2D eigenvalue weighted by atomic mass is 79.9. The van der Waals surface area contributed by atoms with E-state index in [1.165, 1.54) is 0 Å². The zero-order valence-corrected chi connectivity index (χ0v) is 17.9. The molecule has 4 aromatic rings. The summed E-state index contributed by atoms with van der Waals surface area (Å²) in [5.74, 6) is 0.536. The molecule has 30 heavy (non-hydrogen) atoms. The third-order valence-corrected chi connectivity index (χ3v) is 6.73. The van der Waals surface area contributed by atoms with Crippen molar-refractivity contribution in [3.8, 4) is 22.5 Å². The van der Waals surface area contributed by atoms with Crippen LogP contribution in [-0.2, 0) is 5.54 Å². The molecule has 0 amide bonds. The third-order valence-electron chi connectivity index (χ3n) is 6.04. The lowest BCUT2D eigenvalue weighted by molar-refractivity contribution is 0.253. The second-order valence-electron chi connectivity index (χ2n) is 7.96. The summed E-state index contributed by atoms with van der Waals surface area (Å²) in [6.45, 7) is 0. The summed E-state index contributed by atoms with van der Waals surface area (Å²) in [5.41, 5.74) is 16.5. The van der Waals surface area contributed by atoms with Crippen LogP contribution in [0.3, 0.4) is 0 Å². The van der Waals surface area contributed by atoms with Gasteiger partial charge < -0.3 is 15.9 Å². The molecular weight excluding hydrogens is 440 g/mol. The first-order valence-electron chi connectivity index (χ1n) is 9.97. The minimum Gasteiger partial charge on any atom is -0.455 e.